The van der Waals surface area contributed by atoms with Crippen LogP contribution in [0.4, 0.5) is 11.8 Å². The van der Waals surface area contributed by atoms with E-state index in [4.69, 9.17) is 11.0 Å². The van der Waals surface area contributed by atoms with E-state index in [-0.39, 0.29) is 11.6 Å². The van der Waals surface area contributed by atoms with Crippen molar-refractivity contribution in [2.45, 2.75) is 12.8 Å². The van der Waals surface area contributed by atoms with Gasteiger partial charge in [-0.1, -0.05) is 24.3 Å². The van der Waals surface area contributed by atoms with Gasteiger partial charge in [-0.05, 0) is 24.0 Å². The molecule has 1 aliphatic rings. The van der Waals surface area contributed by atoms with E-state index in [2.05, 4.69) is 44.3 Å². The minimum atomic E-state index is 0.0979. The summed E-state index contributed by atoms with van der Waals surface area (Å²) >= 11 is 0. The predicted molar refractivity (Wildman–Crippen MR) is 75.0 cm³/mol. The van der Waals surface area contributed by atoms with E-state index in [9.17, 15) is 0 Å². The normalized spacial score (nSPS) is 14.2. The van der Waals surface area contributed by atoms with E-state index in [1.165, 1.54) is 11.1 Å². The fourth-order valence-corrected chi connectivity index (χ4v) is 2.50. The topological polar surface area (TPSA) is 91.7 Å². The highest BCUT2D eigenvalue weighted by atomic mass is 15.3. The smallest absolute Gasteiger partial charge is 0.242 e. The molecule has 1 aliphatic heterocycles. The van der Waals surface area contributed by atoms with Crippen LogP contribution in [0.2, 0.25) is 0 Å². The number of nitrogens with two attached hydrogens (primary N) is 1. The van der Waals surface area contributed by atoms with Crippen molar-refractivity contribution in [2.75, 3.05) is 23.7 Å². The first-order chi connectivity index (χ1) is 9.78. The van der Waals surface area contributed by atoms with Gasteiger partial charge >= 0.3 is 0 Å². The minimum Gasteiger partial charge on any atom is -0.366 e. The minimum absolute atomic E-state index is 0.0979. The molecular weight excluding hydrogens is 252 g/mol. The molecule has 0 radical (unpaired) electrons. The van der Waals surface area contributed by atoms with Gasteiger partial charge in [0.05, 0.1) is 0 Å². The van der Waals surface area contributed by atoms with Crippen LogP contribution in [0, 0.1) is 11.3 Å². The number of nitrogen functional groups attached to an aromatic ring is 1. The predicted octanol–water partition coefficient (Wildman–Crippen LogP) is 0.931. The monoisotopic (exact) mass is 266 g/mol. The number of hydrogen-bond acceptors (Lipinski definition) is 6. The van der Waals surface area contributed by atoms with Crippen molar-refractivity contribution < 1.29 is 0 Å². The molecule has 6 heteroatoms. The molecular formula is C14H14N6. The zero-order valence-electron chi connectivity index (χ0n) is 11.0. The Labute approximate surface area is 116 Å². The Morgan fingerprint density at radius 3 is 2.35 bits per heavy atom. The van der Waals surface area contributed by atoms with Crippen LogP contribution in [0.15, 0.2) is 24.3 Å². The largest absolute Gasteiger partial charge is 0.366 e. The maximum Gasteiger partial charge on any atom is 0.242 e. The lowest BCUT2D eigenvalue weighted by atomic mass is 10.0. The first-order valence-corrected chi connectivity index (χ1v) is 6.50. The molecule has 6 nitrogen and oxygen atoms in total. The summed E-state index contributed by atoms with van der Waals surface area (Å²) in [6.45, 7) is 1.59. The molecule has 1 aromatic heterocycles. The second-order valence-electron chi connectivity index (χ2n) is 4.71. The van der Waals surface area contributed by atoms with Gasteiger partial charge in [-0.3, -0.25) is 0 Å². The Morgan fingerprint density at radius 1 is 1.10 bits per heavy atom. The van der Waals surface area contributed by atoms with Gasteiger partial charge in [-0.15, -0.1) is 10.2 Å². The van der Waals surface area contributed by atoms with Crippen molar-refractivity contribution in [3.8, 4) is 6.07 Å². The molecule has 20 heavy (non-hydrogen) atoms. The van der Waals surface area contributed by atoms with Crippen LogP contribution in [-0.2, 0) is 12.8 Å². The first kappa shape index (κ1) is 12.4. The number of hydrogen-bond donors (Lipinski definition) is 1. The summed E-state index contributed by atoms with van der Waals surface area (Å²) in [7, 11) is 0. The quantitative estimate of drug-likeness (QED) is 0.825. The van der Waals surface area contributed by atoms with Crippen LogP contribution in [0.3, 0.4) is 0 Å². The summed E-state index contributed by atoms with van der Waals surface area (Å²) in [5.41, 5.74) is 8.52. The Kier molecular flexibility index (Phi) is 3.17. The molecule has 0 fully saturated rings. The van der Waals surface area contributed by atoms with Crippen molar-refractivity contribution >= 4 is 11.8 Å². The van der Waals surface area contributed by atoms with Crippen LogP contribution < -0.4 is 10.6 Å². The molecule has 0 bridgehead atoms. The third-order valence-electron chi connectivity index (χ3n) is 3.51. The van der Waals surface area contributed by atoms with Crippen LogP contribution in [0.5, 0.6) is 0 Å². The van der Waals surface area contributed by atoms with E-state index in [1.54, 1.807) is 0 Å². The Morgan fingerprint density at radius 2 is 1.75 bits per heavy atom. The average Bonchev–Trinajstić information content (AvgIpc) is 2.70. The number of rotatable bonds is 1. The molecule has 0 aliphatic carbocycles. The average molecular weight is 266 g/mol. The molecule has 2 aromatic rings. The van der Waals surface area contributed by atoms with Gasteiger partial charge in [0, 0.05) is 13.1 Å². The summed E-state index contributed by atoms with van der Waals surface area (Å²) in [6.07, 6.45) is 1.84. The third kappa shape index (κ3) is 2.26. The highest BCUT2D eigenvalue weighted by Crippen LogP contribution is 2.21. The molecule has 0 atom stereocenters. The molecule has 3 rings (SSSR count). The summed E-state index contributed by atoms with van der Waals surface area (Å²) in [5, 5.41) is 16.6. The van der Waals surface area contributed by atoms with Crippen molar-refractivity contribution in [3.05, 3.63) is 41.1 Å². The third-order valence-corrected chi connectivity index (χ3v) is 3.51. The van der Waals surface area contributed by atoms with Crippen molar-refractivity contribution in [2.24, 2.45) is 0 Å². The van der Waals surface area contributed by atoms with Gasteiger partial charge in [0.25, 0.3) is 0 Å². The molecule has 1 aromatic carbocycles. The molecule has 2 heterocycles. The van der Waals surface area contributed by atoms with Gasteiger partial charge in [0.15, 0.2) is 5.82 Å². The lowest BCUT2D eigenvalue weighted by Gasteiger charge is -2.21. The molecule has 0 saturated heterocycles. The summed E-state index contributed by atoms with van der Waals surface area (Å²) in [5.74, 6) is 0.633. The van der Waals surface area contributed by atoms with Gasteiger partial charge < -0.3 is 10.6 Å². The lowest BCUT2D eigenvalue weighted by Crippen LogP contribution is -2.28. The molecule has 0 unspecified atom stereocenters. The maximum atomic E-state index is 9.12. The number of nitriles is 1. The summed E-state index contributed by atoms with van der Waals surface area (Å²) in [6, 6.07) is 10.4. The van der Waals surface area contributed by atoms with Crippen molar-refractivity contribution in [3.63, 3.8) is 0 Å². The lowest BCUT2D eigenvalue weighted by molar-refractivity contribution is 0.776. The van der Waals surface area contributed by atoms with Gasteiger partial charge in [0.1, 0.15) is 6.07 Å². The molecule has 2 N–H and O–H groups in total. The summed E-state index contributed by atoms with van der Waals surface area (Å²) in [4.78, 5) is 6.24. The van der Waals surface area contributed by atoms with Gasteiger partial charge in [-0.25, -0.2) is 0 Å². The van der Waals surface area contributed by atoms with Crippen LogP contribution in [0.25, 0.3) is 0 Å². The van der Waals surface area contributed by atoms with Gasteiger partial charge in [0.2, 0.25) is 11.6 Å². The SMILES string of the molecule is N#Cc1nnc(N)nc1N1CCc2ccccc2CC1. The van der Waals surface area contributed by atoms with E-state index < -0.39 is 0 Å². The van der Waals surface area contributed by atoms with E-state index in [0.29, 0.717) is 5.82 Å². The van der Waals surface area contributed by atoms with Crippen LogP contribution in [0.1, 0.15) is 16.8 Å². The first-order valence-electron chi connectivity index (χ1n) is 6.50. The number of nitrogens with zero attached hydrogens (tertiary/aromatic N) is 5. The second-order valence-corrected chi connectivity index (χ2v) is 4.71. The van der Waals surface area contributed by atoms with Crippen molar-refractivity contribution in [1.29, 1.82) is 5.26 Å². The Balaban J connectivity index is 1.91. The highest BCUT2D eigenvalue weighted by molar-refractivity contribution is 5.52. The number of fused-ring (bicyclic) bond motifs is 1. The summed E-state index contributed by atoms with van der Waals surface area (Å²) < 4.78 is 0. The zero-order valence-corrected chi connectivity index (χ0v) is 11.0. The highest BCUT2D eigenvalue weighted by Gasteiger charge is 2.19. The molecule has 0 spiro atoms. The van der Waals surface area contributed by atoms with Gasteiger partial charge in [-0.2, -0.15) is 10.2 Å². The fraction of sp³-hybridized carbons (Fsp3) is 0.286. The van der Waals surface area contributed by atoms with E-state index >= 15 is 0 Å². The molecule has 100 valence electrons. The zero-order chi connectivity index (χ0) is 13.9. The van der Waals surface area contributed by atoms with Crippen LogP contribution >= 0.6 is 0 Å². The maximum absolute atomic E-state index is 9.12. The van der Waals surface area contributed by atoms with E-state index in [0.717, 1.165) is 25.9 Å². The second kappa shape index (κ2) is 5.13. The standard InChI is InChI=1S/C14H14N6/c15-9-12-13(17-14(16)19-18-12)20-7-5-10-3-1-2-4-11(10)6-8-20/h1-4H,5-8H2,(H2,16,17,19). The number of benzene rings is 1. The number of aromatic nitrogens is 3. The molecule has 0 amide bonds. The van der Waals surface area contributed by atoms with Crippen molar-refractivity contribution in [1.82, 2.24) is 15.2 Å². The van der Waals surface area contributed by atoms with E-state index in [1.807, 2.05) is 6.07 Å². The Bertz CT molecular complexity index is 649. The Hall–Kier alpha value is -2.68. The fourth-order valence-electron chi connectivity index (χ4n) is 2.50. The molecule has 0 saturated carbocycles. The number of anilines is 2. The van der Waals surface area contributed by atoms with Crippen LogP contribution in [-0.4, -0.2) is 28.3 Å².